The van der Waals surface area contributed by atoms with E-state index in [1.807, 2.05) is 4.68 Å². The highest BCUT2D eigenvalue weighted by molar-refractivity contribution is 5.00. The van der Waals surface area contributed by atoms with Crippen LogP contribution in [0.3, 0.4) is 0 Å². The molecule has 3 heterocycles. The van der Waals surface area contributed by atoms with Crippen LogP contribution in [0.5, 0.6) is 0 Å². The zero-order valence-electron chi connectivity index (χ0n) is 13.6. The predicted molar refractivity (Wildman–Crippen MR) is 81.1 cm³/mol. The Morgan fingerprint density at radius 2 is 2.18 bits per heavy atom. The Balaban J connectivity index is 1.67. The van der Waals surface area contributed by atoms with Gasteiger partial charge in [0.2, 0.25) is 5.89 Å². The number of aromatic nitrogens is 5. The van der Waals surface area contributed by atoms with E-state index in [1.165, 1.54) is 19.3 Å². The third-order valence-corrected chi connectivity index (χ3v) is 4.09. The molecule has 7 nitrogen and oxygen atoms in total. The van der Waals surface area contributed by atoms with Gasteiger partial charge in [-0.25, -0.2) is 4.98 Å². The molecule has 0 aromatic carbocycles. The number of nitrogens with zero attached hydrogens (tertiary/aromatic N) is 6. The van der Waals surface area contributed by atoms with Crippen LogP contribution < -0.4 is 0 Å². The van der Waals surface area contributed by atoms with Crippen LogP contribution in [0.1, 0.15) is 51.7 Å². The summed E-state index contributed by atoms with van der Waals surface area (Å²) < 4.78 is 7.34. The molecule has 0 radical (unpaired) electrons. The first-order valence-electron chi connectivity index (χ1n) is 7.92. The van der Waals surface area contributed by atoms with Crippen molar-refractivity contribution in [2.24, 2.45) is 0 Å². The second-order valence-electron chi connectivity index (χ2n) is 7.00. The number of likely N-dealkylation sites (tertiary alicyclic amines) is 1. The summed E-state index contributed by atoms with van der Waals surface area (Å²) in [6.45, 7) is 8.91. The van der Waals surface area contributed by atoms with Gasteiger partial charge in [-0.2, -0.15) is 10.1 Å². The van der Waals surface area contributed by atoms with Gasteiger partial charge in [0.1, 0.15) is 12.7 Å². The third kappa shape index (κ3) is 3.52. The van der Waals surface area contributed by atoms with Crippen molar-refractivity contribution in [3.05, 3.63) is 24.4 Å². The quantitative estimate of drug-likeness (QED) is 0.860. The molecule has 1 aliphatic heterocycles. The van der Waals surface area contributed by atoms with Gasteiger partial charge in [0.15, 0.2) is 5.82 Å². The van der Waals surface area contributed by atoms with Gasteiger partial charge in [0.25, 0.3) is 0 Å². The Morgan fingerprint density at radius 3 is 2.86 bits per heavy atom. The van der Waals surface area contributed by atoms with Crippen molar-refractivity contribution in [2.75, 3.05) is 6.54 Å². The summed E-state index contributed by atoms with van der Waals surface area (Å²) in [5.41, 5.74) is -0.0796. The van der Waals surface area contributed by atoms with Crippen molar-refractivity contribution in [1.29, 1.82) is 0 Å². The molecule has 2 aromatic heterocycles. The van der Waals surface area contributed by atoms with E-state index in [9.17, 15) is 0 Å². The highest BCUT2D eigenvalue weighted by Gasteiger charge is 2.26. The van der Waals surface area contributed by atoms with E-state index in [0.717, 1.165) is 18.9 Å². The molecule has 0 saturated carbocycles. The van der Waals surface area contributed by atoms with Gasteiger partial charge in [-0.1, -0.05) is 32.3 Å². The smallest absolute Gasteiger partial charge is 0.240 e. The molecule has 0 aliphatic carbocycles. The molecular weight excluding hydrogens is 280 g/mol. The average molecular weight is 304 g/mol. The van der Waals surface area contributed by atoms with E-state index in [1.54, 1.807) is 12.7 Å². The minimum absolute atomic E-state index is 0.0796. The summed E-state index contributed by atoms with van der Waals surface area (Å²) in [7, 11) is 0. The van der Waals surface area contributed by atoms with Crippen molar-refractivity contribution < 1.29 is 4.52 Å². The van der Waals surface area contributed by atoms with Gasteiger partial charge < -0.3 is 4.52 Å². The van der Waals surface area contributed by atoms with E-state index in [0.29, 0.717) is 18.5 Å². The van der Waals surface area contributed by atoms with Crippen molar-refractivity contribution >= 4 is 0 Å². The highest BCUT2D eigenvalue weighted by atomic mass is 16.5. The van der Waals surface area contributed by atoms with Gasteiger partial charge in [-0.05, 0) is 19.4 Å². The zero-order valence-corrected chi connectivity index (χ0v) is 13.6. The minimum Gasteiger partial charge on any atom is -0.338 e. The molecule has 2 aromatic rings. The van der Waals surface area contributed by atoms with Crippen LogP contribution in [-0.2, 0) is 18.5 Å². The molecule has 0 amide bonds. The second kappa shape index (κ2) is 6.16. The molecule has 0 spiro atoms. The standard InChI is InChI=1S/C15H24N6O/c1-15(2,3)14-18-13(22-19-14)9-20-7-5-4-6-12(20)8-21-11-16-10-17-21/h10-12H,4-9H2,1-3H3/t12-/m1/s1. The van der Waals surface area contributed by atoms with Gasteiger partial charge in [0, 0.05) is 11.5 Å². The Morgan fingerprint density at radius 1 is 1.32 bits per heavy atom. The van der Waals surface area contributed by atoms with Crippen molar-refractivity contribution in [3.63, 3.8) is 0 Å². The molecule has 0 unspecified atom stereocenters. The fourth-order valence-electron chi connectivity index (χ4n) is 2.82. The van der Waals surface area contributed by atoms with Crippen molar-refractivity contribution in [2.45, 2.75) is 64.6 Å². The Hall–Kier alpha value is -1.76. The molecule has 7 heteroatoms. The van der Waals surface area contributed by atoms with E-state index in [2.05, 4.69) is 45.9 Å². The Labute approximate surface area is 130 Å². The predicted octanol–water partition coefficient (Wildman–Crippen LogP) is 2.01. The van der Waals surface area contributed by atoms with Crippen LogP contribution >= 0.6 is 0 Å². The summed E-state index contributed by atoms with van der Waals surface area (Å²) >= 11 is 0. The van der Waals surface area contributed by atoms with E-state index >= 15 is 0 Å². The topological polar surface area (TPSA) is 72.9 Å². The lowest BCUT2D eigenvalue weighted by Gasteiger charge is -2.34. The first kappa shape index (κ1) is 15.1. The molecule has 0 bridgehead atoms. The first-order valence-corrected chi connectivity index (χ1v) is 7.92. The maximum Gasteiger partial charge on any atom is 0.240 e. The molecule has 22 heavy (non-hydrogen) atoms. The van der Waals surface area contributed by atoms with Crippen LogP contribution in [0.15, 0.2) is 17.2 Å². The number of hydrogen-bond donors (Lipinski definition) is 0. The zero-order chi connectivity index (χ0) is 15.6. The largest absolute Gasteiger partial charge is 0.338 e. The molecule has 1 aliphatic rings. The lowest BCUT2D eigenvalue weighted by Crippen LogP contribution is -2.41. The maximum atomic E-state index is 5.44. The van der Waals surface area contributed by atoms with E-state index < -0.39 is 0 Å². The summed E-state index contributed by atoms with van der Waals surface area (Å²) in [6, 6.07) is 0.445. The molecular formula is C15H24N6O. The molecule has 1 fully saturated rings. The lowest BCUT2D eigenvalue weighted by molar-refractivity contribution is 0.108. The fourth-order valence-corrected chi connectivity index (χ4v) is 2.82. The summed E-state index contributed by atoms with van der Waals surface area (Å²) in [5, 5.41) is 8.33. The van der Waals surface area contributed by atoms with Crippen LogP contribution in [0.4, 0.5) is 0 Å². The highest BCUT2D eigenvalue weighted by Crippen LogP contribution is 2.22. The maximum absolute atomic E-state index is 5.44. The monoisotopic (exact) mass is 304 g/mol. The summed E-state index contributed by atoms with van der Waals surface area (Å²) in [6.07, 6.45) is 7.00. The van der Waals surface area contributed by atoms with Gasteiger partial charge in [-0.3, -0.25) is 9.58 Å². The molecule has 1 atom stereocenters. The molecule has 1 saturated heterocycles. The van der Waals surface area contributed by atoms with Crippen molar-refractivity contribution in [3.8, 4) is 0 Å². The van der Waals surface area contributed by atoms with Gasteiger partial charge in [-0.15, -0.1) is 0 Å². The van der Waals surface area contributed by atoms with E-state index in [4.69, 9.17) is 4.52 Å². The number of rotatable bonds is 4. The molecule has 120 valence electrons. The molecule has 0 N–H and O–H groups in total. The van der Waals surface area contributed by atoms with Crippen LogP contribution in [-0.4, -0.2) is 42.4 Å². The fraction of sp³-hybridized carbons (Fsp3) is 0.733. The Bertz CT molecular complexity index is 585. The lowest BCUT2D eigenvalue weighted by atomic mass is 9.96. The SMILES string of the molecule is CC(C)(C)c1noc(CN2CCCC[C@@H]2Cn2cncn2)n1. The van der Waals surface area contributed by atoms with Gasteiger partial charge in [0.05, 0.1) is 13.1 Å². The normalized spacial score (nSPS) is 20.4. The van der Waals surface area contributed by atoms with Gasteiger partial charge >= 0.3 is 0 Å². The first-order chi connectivity index (χ1) is 10.5. The second-order valence-corrected chi connectivity index (χ2v) is 7.00. The Kier molecular flexibility index (Phi) is 4.24. The van der Waals surface area contributed by atoms with Crippen LogP contribution in [0.2, 0.25) is 0 Å². The van der Waals surface area contributed by atoms with Crippen LogP contribution in [0.25, 0.3) is 0 Å². The summed E-state index contributed by atoms with van der Waals surface area (Å²) in [5.74, 6) is 1.47. The van der Waals surface area contributed by atoms with Crippen molar-refractivity contribution in [1.82, 2.24) is 29.8 Å². The third-order valence-electron chi connectivity index (χ3n) is 4.09. The molecule has 3 rings (SSSR count). The summed E-state index contributed by atoms with van der Waals surface area (Å²) in [4.78, 5) is 11.0. The average Bonchev–Trinajstić information content (AvgIpc) is 3.11. The van der Waals surface area contributed by atoms with Crippen LogP contribution in [0, 0.1) is 0 Å². The number of hydrogen-bond acceptors (Lipinski definition) is 6. The minimum atomic E-state index is -0.0796. The number of piperidine rings is 1. The van der Waals surface area contributed by atoms with E-state index in [-0.39, 0.29) is 5.41 Å².